The third-order valence-electron chi connectivity index (χ3n) is 5.12. The lowest BCUT2D eigenvalue weighted by atomic mass is 9.83. The van der Waals surface area contributed by atoms with Crippen LogP contribution in [0.1, 0.15) is 52.0 Å². The first-order chi connectivity index (χ1) is 12.7. The summed E-state index contributed by atoms with van der Waals surface area (Å²) in [6.07, 6.45) is 3.52. The molecule has 1 atom stereocenters. The Morgan fingerprint density at radius 3 is 2.73 bits per heavy atom. The van der Waals surface area contributed by atoms with Crippen molar-refractivity contribution in [2.75, 3.05) is 0 Å². The van der Waals surface area contributed by atoms with E-state index in [1.54, 1.807) is 34.0 Å². The summed E-state index contributed by atoms with van der Waals surface area (Å²) in [5, 5.41) is 19.6. The maximum absolute atomic E-state index is 13.0. The van der Waals surface area contributed by atoms with Gasteiger partial charge >= 0.3 is 0 Å². The molecule has 6 heteroatoms. The molecule has 136 valence electrons. The molecule has 1 saturated carbocycles. The Kier molecular flexibility index (Phi) is 5.27. The summed E-state index contributed by atoms with van der Waals surface area (Å²) in [6, 6.07) is 10.0. The predicted octanol–water partition coefficient (Wildman–Crippen LogP) is 5.08. The SMILES string of the molecule is O=C(NCc1ccc(C(O)c2ccsc2)s1)C1(c2cccs2)CCCC1. The molecule has 26 heavy (non-hydrogen) atoms. The highest BCUT2D eigenvalue weighted by Crippen LogP contribution is 2.43. The number of hydrogen-bond acceptors (Lipinski definition) is 5. The molecule has 1 amide bonds. The van der Waals surface area contributed by atoms with Crippen LogP contribution in [0.15, 0.2) is 46.5 Å². The van der Waals surface area contributed by atoms with Gasteiger partial charge in [0.1, 0.15) is 6.10 Å². The van der Waals surface area contributed by atoms with Crippen molar-refractivity contribution in [1.82, 2.24) is 5.32 Å². The zero-order valence-electron chi connectivity index (χ0n) is 14.3. The van der Waals surface area contributed by atoms with Gasteiger partial charge in [0, 0.05) is 14.6 Å². The van der Waals surface area contributed by atoms with E-state index in [1.165, 1.54) is 4.88 Å². The monoisotopic (exact) mass is 403 g/mol. The third-order valence-corrected chi connectivity index (χ3v) is 8.03. The van der Waals surface area contributed by atoms with Gasteiger partial charge in [-0.25, -0.2) is 0 Å². The van der Waals surface area contributed by atoms with Crippen molar-refractivity contribution in [1.29, 1.82) is 0 Å². The third kappa shape index (κ3) is 3.39. The molecule has 0 bridgehead atoms. The van der Waals surface area contributed by atoms with E-state index >= 15 is 0 Å². The van der Waals surface area contributed by atoms with Crippen molar-refractivity contribution < 1.29 is 9.90 Å². The first-order valence-corrected chi connectivity index (χ1v) is 11.4. The average Bonchev–Trinajstić information content (AvgIpc) is 3.45. The molecule has 3 aromatic heterocycles. The van der Waals surface area contributed by atoms with Gasteiger partial charge in [-0.3, -0.25) is 4.79 Å². The highest BCUT2D eigenvalue weighted by Gasteiger charge is 2.43. The normalized spacial score (nSPS) is 17.3. The van der Waals surface area contributed by atoms with Crippen LogP contribution in [0, 0.1) is 0 Å². The zero-order chi connectivity index (χ0) is 18.0. The smallest absolute Gasteiger partial charge is 0.231 e. The lowest BCUT2D eigenvalue weighted by molar-refractivity contribution is -0.126. The van der Waals surface area contributed by atoms with Crippen LogP contribution in [0.4, 0.5) is 0 Å². The molecule has 3 nitrogen and oxygen atoms in total. The molecule has 0 radical (unpaired) electrons. The summed E-state index contributed by atoms with van der Waals surface area (Å²) in [4.78, 5) is 16.2. The summed E-state index contributed by atoms with van der Waals surface area (Å²) in [5.74, 6) is 0.144. The standard InChI is InChI=1S/C20H21NO2S3/c22-18(14-7-11-24-13-14)16-6-5-15(26-16)12-21-19(23)20(8-1-2-9-20)17-4-3-10-25-17/h3-7,10-11,13,18,22H,1-2,8-9,12H2,(H,21,23). The van der Waals surface area contributed by atoms with Crippen molar-refractivity contribution >= 4 is 39.9 Å². The quantitative estimate of drug-likeness (QED) is 0.603. The average molecular weight is 404 g/mol. The van der Waals surface area contributed by atoms with Gasteiger partial charge in [0.25, 0.3) is 0 Å². The van der Waals surface area contributed by atoms with E-state index in [2.05, 4.69) is 16.8 Å². The number of rotatable bonds is 6. The number of aliphatic hydroxyl groups is 1. The topological polar surface area (TPSA) is 49.3 Å². The second-order valence-corrected chi connectivity index (χ2v) is 9.64. The van der Waals surface area contributed by atoms with Crippen LogP contribution in [0.25, 0.3) is 0 Å². The summed E-state index contributed by atoms with van der Waals surface area (Å²) in [7, 11) is 0. The maximum Gasteiger partial charge on any atom is 0.231 e. The van der Waals surface area contributed by atoms with Gasteiger partial charge in [0.15, 0.2) is 0 Å². The van der Waals surface area contributed by atoms with E-state index in [1.807, 2.05) is 35.0 Å². The molecular formula is C20H21NO2S3. The molecule has 3 aromatic rings. The number of hydrogen-bond donors (Lipinski definition) is 2. The Hall–Kier alpha value is -1.47. The van der Waals surface area contributed by atoms with Gasteiger partial charge in [-0.1, -0.05) is 18.9 Å². The minimum absolute atomic E-state index is 0.144. The molecule has 0 spiro atoms. The molecule has 0 aromatic carbocycles. The van der Waals surface area contributed by atoms with E-state index in [0.29, 0.717) is 6.54 Å². The highest BCUT2D eigenvalue weighted by molar-refractivity contribution is 7.12. The lowest BCUT2D eigenvalue weighted by Gasteiger charge is -2.26. The molecule has 1 fully saturated rings. The number of aliphatic hydroxyl groups excluding tert-OH is 1. The van der Waals surface area contributed by atoms with E-state index in [-0.39, 0.29) is 11.3 Å². The Bertz CT molecular complexity index is 846. The molecule has 1 aliphatic rings. The van der Waals surface area contributed by atoms with Crippen molar-refractivity contribution in [3.63, 3.8) is 0 Å². The molecule has 0 aliphatic heterocycles. The first kappa shape index (κ1) is 17.9. The fourth-order valence-electron chi connectivity index (χ4n) is 3.68. The van der Waals surface area contributed by atoms with E-state index < -0.39 is 6.10 Å². The van der Waals surface area contributed by atoms with Crippen LogP contribution in [-0.4, -0.2) is 11.0 Å². The molecule has 1 unspecified atom stereocenters. The van der Waals surface area contributed by atoms with Gasteiger partial charge in [-0.15, -0.1) is 22.7 Å². The lowest BCUT2D eigenvalue weighted by Crippen LogP contribution is -2.41. The summed E-state index contributed by atoms with van der Waals surface area (Å²) >= 11 is 4.83. The second-order valence-electron chi connectivity index (χ2n) is 6.71. The Morgan fingerprint density at radius 1 is 1.19 bits per heavy atom. The first-order valence-electron chi connectivity index (χ1n) is 8.80. The van der Waals surface area contributed by atoms with Crippen LogP contribution in [0.5, 0.6) is 0 Å². The Morgan fingerprint density at radius 2 is 2.04 bits per heavy atom. The van der Waals surface area contributed by atoms with Crippen LogP contribution in [-0.2, 0) is 16.8 Å². The summed E-state index contributed by atoms with van der Waals surface area (Å²) in [5.41, 5.74) is 0.583. The number of carbonyl (C=O) groups is 1. The molecule has 4 rings (SSSR count). The molecular weight excluding hydrogens is 382 g/mol. The zero-order valence-corrected chi connectivity index (χ0v) is 16.8. The predicted molar refractivity (Wildman–Crippen MR) is 109 cm³/mol. The Labute approximate surface area is 165 Å². The van der Waals surface area contributed by atoms with E-state index in [9.17, 15) is 9.90 Å². The van der Waals surface area contributed by atoms with Gasteiger partial charge in [0.2, 0.25) is 5.91 Å². The van der Waals surface area contributed by atoms with Crippen LogP contribution in [0.2, 0.25) is 0 Å². The maximum atomic E-state index is 13.0. The second kappa shape index (κ2) is 7.64. The minimum Gasteiger partial charge on any atom is -0.383 e. The largest absolute Gasteiger partial charge is 0.383 e. The number of thiophene rings is 3. The van der Waals surface area contributed by atoms with Gasteiger partial charge in [-0.05, 0) is 58.8 Å². The van der Waals surface area contributed by atoms with Crippen molar-refractivity contribution in [3.8, 4) is 0 Å². The van der Waals surface area contributed by atoms with E-state index in [4.69, 9.17) is 0 Å². The van der Waals surface area contributed by atoms with Crippen LogP contribution < -0.4 is 5.32 Å². The fourth-order valence-corrected chi connectivity index (χ4v) is 6.31. The van der Waals surface area contributed by atoms with Crippen LogP contribution in [0.3, 0.4) is 0 Å². The number of carbonyl (C=O) groups excluding carboxylic acids is 1. The van der Waals surface area contributed by atoms with Crippen molar-refractivity contribution in [3.05, 3.63) is 66.7 Å². The molecule has 0 saturated heterocycles. The van der Waals surface area contributed by atoms with E-state index in [0.717, 1.165) is 41.0 Å². The van der Waals surface area contributed by atoms with Crippen LogP contribution >= 0.6 is 34.0 Å². The number of amides is 1. The van der Waals surface area contributed by atoms with Crippen molar-refractivity contribution in [2.24, 2.45) is 0 Å². The minimum atomic E-state index is -0.581. The summed E-state index contributed by atoms with van der Waals surface area (Å²) in [6.45, 7) is 0.521. The Balaban J connectivity index is 1.43. The highest BCUT2D eigenvalue weighted by atomic mass is 32.1. The van der Waals surface area contributed by atoms with Gasteiger partial charge in [-0.2, -0.15) is 11.3 Å². The van der Waals surface area contributed by atoms with Crippen molar-refractivity contribution in [2.45, 2.75) is 43.7 Å². The fraction of sp³-hybridized carbons (Fsp3) is 0.350. The molecule has 3 heterocycles. The molecule has 1 aliphatic carbocycles. The van der Waals surface area contributed by atoms with Gasteiger partial charge in [0.05, 0.1) is 12.0 Å². The summed E-state index contributed by atoms with van der Waals surface area (Å²) < 4.78 is 0. The van der Waals surface area contributed by atoms with Gasteiger partial charge < -0.3 is 10.4 Å². The molecule has 2 N–H and O–H groups in total. The number of nitrogens with one attached hydrogen (secondary N) is 1.